The highest BCUT2D eigenvalue weighted by molar-refractivity contribution is 7.88. The quantitative estimate of drug-likeness (QED) is 0.766. The lowest BCUT2D eigenvalue weighted by atomic mass is 10.4. The molecule has 0 bridgehead atoms. The van der Waals surface area contributed by atoms with Crippen LogP contribution in [0, 0.1) is 0 Å². The van der Waals surface area contributed by atoms with E-state index in [2.05, 4.69) is 5.32 Å². The maximum atomic E-state index is 11.6. The summed E-state index contributed by atoms with van der Waals surface area (Å²) in [7, 11) is -3.14. The molecule has 0 atom stereocenters. The zero-order valence-electron chi connectivity index (χ0n) is 10.5. The minimum atomic E-state index is -3.14. The van der Waals surface area contributed by atoms with Crippen molar-refractivity contribution in [3.63, 3.8) is 0 Å². The Hall–Kier alpha value is -0.920. The van der Waals surface area contributed by atoms with Crippen molar-refractivity contribution in [1.29, 1.82) is 0 Å². The summed E-state index contributed by atoms with van der Waals surface area (Å²) in [4.78, 5) is 12.3. The highest BCUT2D eigenvalue weighted by Crippen LogP contribution is 2.07. The highest BCUT2D eigenvalue weighted by Gasteiger charge is 2.13. The average molecular weight is 290 g/mol. The Morgan fingerprint density at radius 2 is 2.22 bits per heavy atom. The molecule has 0 saturated heterocycles. The minimum Gasteiger partial charge on any atom is -0.351 e. The minimum absolute atomic E-state index is 0.104. The summed E-state index contributed by atoms with van der Waals surface area (Å²) < 4.78 is 24.0. The molecule has 1 aromatic rings. The molecule has 0 unspecified atom stereocenters. The molecular formula is C11H18N2O3S2. The van der Waals surface area contributed by atoms with Gasteiger partial charge in [-0.05, 0) is 17.9 Å². The van der Waals surface area contributed by atoms with E-state index in [0.717, 1.165) is 0 Å². The first-order valence-corrected chi connectivity index (χ1v) is 8.44. The second kappa shape index (κ2) is 6.86. The van der Waals surface area contributed by atoms with Crippen LogP contribution in [0.1, 0.15) is 23.0 Å². The lowest BCUT2D eigenvalue weighted by Crippen LogP contribution is -2.33. The molecule has 0 aliphatic rings. The van der Waals surface area contributed by atoms with E-state index in [1.165, 1.54) is 21.9 Å². The first-order valence-electron chi connectivity index (χ1n) is 5.72. The third-order valence-corrected chi connectivity index (χ3v) is 4.68. The van der Waals surface area contributed by atoms with Gasteiger partial charge in [0, 0.05) is 19.6 Å². The molecule has 18 heavy (non-hydrogen) atoms. The van der Waals surface area contributed by atoms with Crippen LogP contribution in [0.3, 0.4) is 0 Å². The molecule has 102 valence electrons. The van der Waals surface area contributed by atoms with E-state index in [-0.39, 0.29) is 5.91 Å². The molecule has 0 radical (unpaired) electrons. The molecule has 1 rings (SSSR count). The Bertz CT molecular complexity index is 468. The molecule has 0 spiro atoms. The smallest absolute Gasteiger partial charge is 0.261 e. The Morgan fingerprint density at radius 3 is 2.72 bits per heavy atom. The van der Waals surface area contributed by atoms with Crippen LogP contribution in [0.15, 0.2) is 17.5 Å². The first kappa shape index (κ1) is 15.1. The van der Waals surface area contributed by atoms with Crippen LogP contribution in [0.25, 0.3) is 0 Å². The second-order valence-corrected chi connectivity index (χ2v) is 6.77. The van der Waals surface area contributed by atoms with E-state index in [1.54, 1.807) is 13.0 Å². The van der Waals surface area contributed by atoms with Crippen LogP contribution in [-0.4, -0.2) is 44.5 Å². The number of rotatable bonds is 7. The van der Waals surface area contributed by atoms with E-state index in [9.17, 15) is 13.2 Å². The third kappa shape index (κ3) is 4.75. The van der Waals surface area contributed by atoms with Crippen molar-refractivity contribution in [1.82, 2.24) is 9.62 Å². The van der Waals surface area contributed by atoms with Gasteiger partial charge in [-0.25, -0.2) is 12.7 Å². The predicted molar refractivity (Wildman–Crippen MR) is 73.4 cm³/mol. The fourth-order valence-corrected chi connectivity index (χ4v) is 3.08. The van der Waals surface area contributed by atoms with E-state index < -0.39 is 10.0 Å². The lowest BCUT2D eigenvalue weighted by molar-refractivity contribution is 0.0957. The normalized spacial score (nSPS) is 11.7. The molecule has 0 aliphatic heterocycles. The van der Waals surface area contributed by atoms with Crippen molar-refractivity contribution in [2.75, 3.05) is 25.9 Å². The number of sulfonamides is 1. The van der Waals surface area contributed by atoms with Gasteiger partial charge < -0.3 is 5.32 Å². The summed E-state index contributed by atoms with van der Waals surface area (Å²) >= 11 is 1.39. The Labute approximate surface area is 112 Å². The summed E-state index contributed by atoms with van der Waals surface area (Å²) in [6, 6.07) is 3.58. The van der Waals surface area contributed by atoms with Gasteiger partial charge in [-0.3, -0.25) is 4.79 Å². The second-order valence-electron chi connectivity index (χ2n) is 3.84. The van der Waals surface area contributed by atoms with Crippen molar-refractivity contribution in [2.24, 2.45) is 0 Å². The number of hydrogen-bond donors (Lipinski definition) is 1. The number of thiophene rings is 1. The van der Waals surface area contributed by atoms with Gasteiger partial charge in [0.05, 0.1) is 11.1 Å². The van der Waals surface area contributed by atoms with Crippen LogP contribution in [0.5, 0.6) is 0 Å². The van der Waals surface area contributed by atoms with Crippen LogP contribution < -0.4 is 5.32 Å². The van der Waals surface area contributed by atoms with Crippen molar-refractivity contribution >= 4 is 27.3 Å². The predicted octanol–water partition coefficient (Wildman–Crippen LogP) is 1.15. The van der Waals surface area contributed by atoms with Crippen molar-refractivity contribution in [2.45, 2.75) is 13.3 Å². The maximum absolute atomic E-state index is 11.6. The number of nitrogens with one attached hydrogen (secondary N) is 1. The lowest BCUT2D eigenvalue weighted by Gasteiger charge is -2.17. The van der Waals surface area contributed by atoms with Crippen molar-refractivity contribution < 1.29 is 13.2 Å². The van der Waals surface area contributed by atoms with Gasteiger partial charge in [0.1, 0.15) is 0 Å². The summed E-state index contributed by atoms with van der Waals surface area (Å²) in [5, 5.41) is 4.61. The van der Waals surface area contributed by atoms with Gasteiger partial charge in [0.15, 0.2) is 0 Å². The van der Waals surface area contributed by atoms with Gasteiger partial charge >= 0.3 is 0 Å². The molecule has 0 fully saturated rings. The Morgan fingerprint density at radius 1 is 1.50 bits per heavy atom. The van der Waals surface area contributed by atoms with Gasteiger partial charge in [0.25, 0.3) is 5.91 Å². The standard InChI is InChI=1S/C11H18N2O3S2/c1-3-13(18(2,15)16)8-5-7-12-11(14)10-6-4-9-17-10/h4,6,9H,3,5,7-8H2,1-2H3,(H,12,14). The molecule has 1 amide bonds. The molecule has 0 aliphatic carbocycles. The molecule has 0 aromatic carbocycles. The SMILES string of the molecule is CCN(CCCNC(=O)c1cccs1)S(C)(=O)=O. The fourth-order valence-electron chi connectivity index (χ4n) is 1.51. The van der Waals surface area contributed by atoms with Gasteiger partial charge in [-0.2, -0.15) is 0 Å². The van der Waals surface area contributed by atoms with Crippen LogP contribution >= 0.6 is 11.3 Å². The Kier molecular flexibility index (Phi) is 5.77. The average Bonchev–Trinajstić information content (AvgIpc) is 2.80. The van der Waals surface area contributed by atoms with Gasteiger partial charge in [-0.1, -0.05) is 13.0 Å². The third-order valence-electron chi connectivity index (χ3n) is 2.44. The van der Waals surface area contributed by atoms with Crippen LogP contribution in [0.4, 0.5) is 0 Å². The number of amides is 1. The van der Waals surface area contributed by atoms with E-state index >= 15 is 0 Å². The van der Waals surface area contributed by atoms with Crippen molar-refractivity contribution in [3.8, 4) is 0 Å². The van der Waals surface area contributed by atoms with Crippen LogP contribution in [0.2, 0.25) is 0 Å². The summed E-state index contributed by atoms with van der Waals surface area (Å²) in [5.74, 6) is -0.104. The zero-order valence-corrected chi connectivity index (χ0v) is 12.2. The highest BCUT2D eigenvalue weighted by atomic mass is 32.2. The number of nitrogens with zero attached hydrogens (tertiary/aromatic N) is 1. The summed E-state index contributed by atoms with van der Waals surface area (Å²) in [6.07, 6.45) is 1.80. The van der Waals surface area contributed by atoms with E-state index in [4.69, 9.17) is 0 Å². The first-order chi connectivity index (χ1) is 8.45. The molecule has 0 saturated carbocycles. The van der Waals surface area contributed by atoms with Crippen molar-refractivity contribution in [3.05, 3.63) is 22.4 Å². The molecule has 1 aromatic heterocycles. The van der Waals surface area contributed by atoms with Crippen LogP contribution in [-0.2, 0) is 10.0 Å². The van der Waals surface area contributed by atoms with Gasteiger partial charge in [-0.15, -0.1) is 11.3 Å². The van der Waals surface area contributed by atoms with Gasteiger partial charge in [0.2, 0.25) is 10.0 Å². The molecular weight excluding hydrogens is 272 g/mol. The molecule has 5 nitrogen and oxygen atoms in total. The number of carbonyl (C=O) groups is 1. The molecule has 1 heterocycles. The topological polar surface area (TPSA) is 66.5 Å². The number of carbonyl (C=O) groups excluding carboxylic acids is 1. The maximum Gasteiger partial charge on any atom is 0.261 e. The largest absolute Gasteiger partial charge is 0.351 e. The van der Waals surface area contributed by atoms with E-state index in [1.807, 2.05) is 11.4 Å². The molecule has 7 heteroatoms. The fraction of sp³-hybridized carbons (Fsp3) is 0.545. The Balaban J connectivity index is 2.29. The number of hydrogen-bond acceptors (Lipinski definition) is 4. The monoisotopic (exact) mass is 290 g/mol. The summed E-state index contributed by atoms with van der Waals surface area (Å²) in [5.41, 5.74) is 0. The molecule has 1 N–H and O–H groups in total. The summed E-state index contributed by atoms with van der Waals surface area (Å²) in [6.45, 7) is 3.16. The van der Waals surface area contributed by atoms with E-state index in [0.29, 0.717) is 30.9 Å². The zero-order chi connectivity index (χ0) is 13.6.